The van der Waals surface area contributed by atoms with Gasteiger partial charge < -0.3 is 20.3 Å². The largest absolute Gasteiger partial charge is 0.477 e. The van der Waals surface area contributed by atoms with Crippen LogP contribution in [0.4, 0.5) is 23.7 Å². The quantitative estimate of drug-likeness (QED) is 0.663. The topological polar surface area (TPSA) is 99.8 Å². The number of nitrogens with zero attached hydrogens (tertiary/aromatic N) is 1. The van der Waals surface area contributed by atoms with Gasteiger partial charge in [-0.15, -0.1) is 0 Å². The summed E-state index contributed by atoms with van der Waals surface area (Å²) in [5.41, 5.74) is 0.535. The van der Waals surface area contributed by atoms with Gasteiger partial charge in [-0.05, 0) is 18.6 Å². The second-order valence-corrected chi connectivity index (χ2v) is 6.09. The number of amides is 4. The van der Waals surface area contributed by atoms with E-state index in [9.17, 15) is 27.6 Å². The molecule has 154 valence electrons. The Hall–Kier alpha value is -2.98. The molecule has 1 aromatic rings. The Kier molecular flexibility index (Phi) is 7.07. The van der Waals surface area contributed by atoms with Crippen LogP contribution in [0.15, 0.2) is 24.3 Å². The molecule has 0 bridgehead atoms. The average Bonchev–Trinajstić information content (AvgIpc) is 2.63. The highest BCUT2D eigenvalue weighted by Gasteiger charge is 2.32. The molecule has 1 aromatic carbocycles. The maximum Gasteiger partial charge on any atom is 0.405 e. The molecule has 0 aliphatic carbocycles. The molecule has 0 saturated carbocycles. The Balaban J connectivity index is 2.01. The summed E-state index contributed by atoms with van der Waals surface area (Å²) in [6.07, 6.45) is -4.70. The van der Waals surface area contributed by atoms with Gasteiger partial charge in [0, 0.05) is 6.54 Å². The zero-order chi connectivity index (χ0) is 20.7. The number of carbonyl (C=O) groups is 3. The molecule has 1 aliphatic rings. The van der Waals surface area contributed by atoms with Crippen LogP contribution in [0.2, 0.25) is 0 Å². The van der Waals surface area contributed by atoms with Crippen molar-refractivity contribution in [3.63, 3.8) is 0 Å². The van der Waals surface area contributed by atoms with Crippen LogP contribution in [0.3, 0.4) is 0 Å². The second kappa shape index (κ2) is 9.29. The van der Waals surface area contributed by atoms with Crippen LogP contribution >= 0.6 is 0 Å². The summed E-state index contributed by atoms with van der Waals surface area (Å²) in [7, 11) is 0. The molecule has 4 amide bonds. The molecule has 0 aromatic heterocycles. The molecular weight excluding hydrogens is 381 g/mol. The summed E-state index contributed by atoms with van der Waals surface area (Å²) in [5.74, 6) is -0.770. The molecular formula is C17H21F3N4O4. The van der Waals surface area contributed by atoms with Crippen LogP contribution < -0.4 is 25.6 Å². The first-order valence-electron chi connectivity index (χ1n) is 8.62. The van der Waals surface area contributed by atoms with E-state index in [2.05, 4.69) is 5.32 Å². The van der Waals surface area contributed by atoms with Crippen LogP contribution in [0.1, 0.15) is 13.3 Å². The van der Waals surface area contributed by atoms with Gasteiger partial charge >= 0.3 is 12.2 Å². The van der Waals surface area contributed by atoms with Gasteiger partial charge in [-0.25, -0.2) is 4.79 Å². The number of benzene rings is 1. The number of imide groups is 1. The lowest BCUT2D eigenvalue weighted by atomic mass is 10.1. The van der Waals surface area contributed by atoms with E-state index >= 15 is 0 Å². The number of hydrogen-bond donors (Lipinski definition) is 3. The lowest BCUT2D eigenvalue weighted by molar-refractivity contribution is -0.128. The molecule has 1 atom stereocenters. The first kappa shape index (κ1) is 21.3. The molecule has 0 saturated heterocycles. The summed E-state index contributed by atoms with van der Waals surface area (Å²) in [5, 5.41) is 6.10. The Morgan fingerprint density at radius 2 is 1.93 bits per heavy atom. The molecule has 1 heterocycles. The minimum Gasteiger partial charge on any atom is -0.477 e. The third kappa shape index (κ3) is 6.32. The van der Waals surface area contributed by atoms with Gasteiger partial charge in [0.05, 0.1) is 18.8 Å². The third-order valence-electron chi connectivity index (χ3n) is 3.74. The number of para-hydroxylation sites is 2. The number of ether oxygens (including phenoxy) is 1. The number of rotatable bonds is 6. The molecule has 3 N–H and O–H groups in total. The van der Waals surface area contributed by atoms with E-state index in [0.29, 0.717) is 18.0 Å². The van der Waals surface area contributed by atoms with Crippen molar-refractivity contribution in [3.05, 3.63) is 24.3 Å². The summed E-state index contributed by atoms with van der Waals surface area (Å²) in [6, 6.07) is 5.47. The van der Waals surface area contributed by atoms with Gasteiger partial charge in [0.2, 0.25) is 5.91 Å². The van der Waals surface area contributed by atoms with Crippen molar-refractivity contribution < 1.29 is 32.3 Å². The predicted octanol–water partition coefficient (Wildman–Crippen LogP) is 1.17. The fourth-order valence-electron chi connectivity index (χ4n) is 2.52. The van der Waals surface area contributed by atoms with E-state index in [0.717, 1.165) is 6.42 Å². The van der Waals surface area contributed by atoms with Crippen molar-refractivity contribution in [2.45, 2.75) is 25.6 Å². The fraction of sp³-hybridized carbons (Fsp3) is 0.471. The number of nitrogens with one attached hydrogen (secondary N) is 3. The molecule has 11 heteroatoms. The van der Waals surface area contributed by atoms with Crippen molar-refractivity contribution in [2.75, 3.05) is 31.1 Å². The van der Waals surface area contributed by atoms with E-state index in [4.69, 9.17) is 4.74 Å². The van der Waals surface area contributed by atoms with Gasteiger partial charge in [0.15, 0.2) is 6.10 Å². The number of hydrogen-bond acceptors (Lipinski definition) is 5. The number of urea groups is 1. The first-order valence-corrected chi connectivity index (χ1v) is 8.62. The van der Waals surface area contributed by atoms with Crippen molar-refractivity contribution in [1.29, 1.82) is 0 Å². The Labute approximate surface area is 159 Å². The summed E-state index contributed by atoms with van der Waals surface area (Å²) < 4.78 is 42.0. The molecule has 0 unspecified atom stereocenters. The Morgan fingerprint density at radius 3 is 2.61 bits per heavy atom. The van der Waals surface area contributed by atoms with Crippen molar-refractivity contribution in [3.8, 4) is 5.75 Å². The fourth-order valence-corrected chi connectivity index (χ4v) is 2.52. The van der Waals surface area contributed by atoms with E-state index < -0.39 is 30.8 Å². The number of carbonyl (C=O) groups excluding carboxylic acids is 3. The second-order valence-electron chi connectivity index (χ2n) is 6.09. The lowest BCUT2D eigenvalue weighted by Gasteiger charge is -2.35. The monoisotopic (exact) mass is 402 g/mol. The highest BCUT2D eigenvalue weighted by molar-refractivity contribution is 5.97. The third-order valence-corrected chi connectivity index (χ3v) is 3.74. The smallest absolute Gasteiger partial charge is 0.405 e. The number of halogens is 3. The van der Waals surface area contributed by atoms with Gasteiger partial charge in [0.25, 0.3) is 5.91 Å². The van der Waals surface area contributed by atoms with Gasteiger partial charge in [0.1, 0.15) is 12.3 Å². The zero-order valence-electron chi connectivity index (χ0n) is 15.1. The molecule has 8 nitrogen and oxygen atoms in total. The first-order chi connectivity index (χ1) is 13.2. The van der Waals surface area contributed by atoms with E-state index in [1.165, 1.54) is 4.90 Å². The molecule has 2 rings (SSSR count). The number of fused-ring (bicyclic) bond motifs is 1. The standard InChI is InChI=1S/C17H21F3N4O4/c1-2-7-21-15(26)13-8-24(11-5-3-4-6-12(11)28-13)9-14(25)23-16(27)22-10-17(18,19)20/h3-6,13H,2,7-10H2,1H3,(H,21,26)(H2,22,23,25,27)/t13-/m0/s1. The summed E-state index contributed by atoms with van der Waals surface area (Å²) >= 11 is 0. The summed E-state index contributed by atoms with van der Waals surface area (Å²) in [6.45, 7) is 0.533. The van der Waals surface area contributed by atoms with Gasteiger partial charge in [-0.1, -0.05) is 19.1 Å². The average molecular weight is 402 g/mol. The van der Waals surface area contributed by atoms with Crippen LogP contribution in [-0.2, 0) is 9.59 Å². The molecule has 0 radical (unpaired) electrons. The maximum atomic E-state index is 12.2. The van der Waals surface area contributed by atoms with E-state index in [1.54, 1.807) is 29.6 Å². The van der Waals surface area contributed by atoms with Gasteiger partial charge in [-0.2, -0.15) is 13.2 Å². The van der Waals surface area contributed by atoms with Crippen molar-refractivity contribution >= 4 is 23.5 Å². The van der Waals surface area contributed by atoms with E-state index in [1.807, 2.05) is 12.2 Å². The maximum absolute atomic E-state index is 12.2. The lowest BCUT2D eigenvalue weighted by Crippen LogP contribution is -2.52. The Morgan fingerprint density at radius 1 is 1.21 bits per heavy atom. The highest BCUT2D eigenvalue weighted by atomic mass is 19.4. The van der Waals surface area contributed by atoms with Crippen LogP contribution in [-0.4, -0.2) is 56.3 Å². The Bertz CT molecular complexity index is 727. The van der Waals surface area contributed by atoms with Crippen molar-refractivity contribution in [1.82, 2.24) is 16.0 Å². The van der Waals surface area contributed by atoms with E-state index in [-0.39, 0.29) is 19.0 Å². The minimum atomic E-state index is -4.58. The van der Waals surface area contributed by atoms with Gasteiger partial charge in [-0.3, -0.25) is 14.9 Å². The number of alkyl halides is 3. The van der Waals surface area contributed by atoms with Crippen LogP contribution in [0, 0.1) is 0 Å². The minimum absolute atomic E-state index is 0.0458. The SMILES string of the molecule is CCCNC(=O)[C@@H]1CN(CC(=O)NC(=O)NCC(F)(F)F)c2ccccc2O1. The van der Waals surface area contributed by atoms with Crippen molar-refractivity contribution in [2.24, 2.45) is 0 Å². The predicted molar refractivity (Wildman–Crippen MR) is 94.0 cm³/mol. The zero-order valence-corrected chi connectivity index (χ0v) is 15.1. The van der Waals surface area contributed by atoms with Crippen LogP contribution in [0.5, 0.6) is 5.75 Å². The highest BCUT2D eigenvalue weighted by Crippen LogP contribution is 2.32. The normalized spacial score (nSPS) is 15.9. The molecule has 1 aliphatic heterocycles. The molecule has 0 spiro atoms. The summed E-state index contributed by atoms with van der Waals surface area (Å²) in [4.78, 5) is 37.2. The van der Waals surface area contributed by atoms with Crippen LogP contribution in [0.25, 0.3) is 0 Å². The number of anilines is 1. The molecule has 0 fully saturated rings. The molecule has 28 heavy (non-hydrogen) atoms.